The number of hydrogen-bond donors (Lipinski definition) is 2. The van der Waals surface area contributed by atoms with Gasteiger partial charge in [0.25, 0.3) is 0 Å². The summed E-state index contributed by atoms with van der Waals surface area (Å²) in [6.07, 6.45) is 2.11. The summed E-state index contributed by atoms with van der Waals surface area (Å²) in [5.41, 5.74) is 0. The highest BCUT2D eigenvalue weighted by Crippen LogP contribution is 1.92. The molecule has 1 heterocycles. The molecule has 0 saturated carbocycles. The monoisotopic (exact) mass is 173 g/mol. The average molecular weight is 173 g/mol. The fourth-order valence-electron chi connectivity index (χ4n) is 0.931. The van der Waals surface area contributed by atoms with Gasteiger partial charge in [-0.25, -0.2) is 0 Å². The topological polar surface area (TPSA) is 36.4 Å². The van der Waals surface area contributed by atoms with Crippen molar-refractivity contribution in [2.45, 2.75) is 13.0 Å². The summed E-state index contributed by atoms with van der Waals surface area (Å²) in [5, 5.41) is 6.47. The van der Waals surface area contributed by atoms with Crippen LogP contribution in [-0.2, 0) is 0 Å². The van der Waals surface area contributed by atoms with E-state index in [1.165, 1.54) is 0 Å². The zero-order valence-electron chi connectivity index (χ0n) is 7.05. The highest BCUT2D eigenvalue weighted by molar-refractivity contribution is 7.98. The van der Waals surface area contributed by atoms with Crippen molar-refractivity contribution in [3.63, 3.8) is 0 Å². The van der Waals surface area contributed by atoms with Crippen LogP contribution in [0.3, 0.4) is 0 Å². The van der Waals surface area contributed by atoms with Gasteiger partial charge in [0.15, 0.2) is 5.96 Å². The normalized spacial score (nSPS) is 22.7. The number of hydrogen-bond acceptors (Lipinski definition) is 4. The molecule has 4 heteroatoms. The molecule has 0 aromatic carbocycles. The zero-order chi connectivity index (χ0) is 8.10. The molecule has 64 valence electrons. The van der Waals surface area contributed by atoms with Gasteiger partial charge in [0.05, 0.1) is 6.54 Å². The lowest BCUT2D eigenvalue weighted by atomic mass is 10.4. The van der Waals surface area contributed by atoms with Gasteiger partial charge in [0.1, 0.15) is 0 Å². The van der Waals surface area contributed by atoms with E-state index in [9.17, 15) is 0 Å². The van der Waals surface area contributed by atoms with Crippen LogP contribution in [0.1, 0.15) is 6.92 Å². The summed E-state index contributed by atoms with van der Waals surface area (Å²) in [6.45, 7) is 4.04. The van der Waals surface area contributed by atoms with Crippen molar-refractivity contribution in [2.24, 2.45) is 4.99 Å². The molecule has 3 nitrogen and oxygen atoms in total. The molecule has 0 saturated heterocycles. The van der Waals surface area contributed by atoms with E-state index in [1.54, 1.807) is 0 Å². The Bertz CT molecular complexity index is 147. The van der Waals surface area contributed by atoms with E-state index in [1.807, 2.05) is 11.8 Å². The van der Waals surface area contributed by atoms with Crippen molar-refractivity contribution < 1.29 is 0 Å². The molecule has 2 N–H and O–H groups in total. The van der Waals surface area contributed by atoms with Crippen molar-refractivity contribution in [3.05, 3.63) is 0 Å². The summed E-state index contributed by atoms with van der Waals surface area (Å²) >= 11 is 1.84. The second-order valence-corrected chi connectivity index (χ2v) is 3.64. The molecule has 1 aliphatic rings. The van der Waals surface area contributed by atoms with Crippen LogP contribution < -0.4 is 10.6 Å². The molecule has 0 aromatic rings. The minimum Gasteiger partial charge on any atom is -0.356 e. The van der Waals surface area contributed by atoms with Crippen LogP contribution in [0.2, 0.25) is 0 Å². The Balaban J connectivity index is 2.08. The molecule has 0 aliphatic carbocycles. The van der Waals surface area contributed by atoms with Crippen molar-refractivity contribution in [1.82, 2.24) is 10.6 Å². The van der Waals surface area contributed by atoms with E-state index in [-0.39, 0.29) is 0 Å². The molecule has 1 aliphatic heterocycles. The number of aliphatic imine (C=N–C) groups is 1. The molecule has 1 unspecified atom stereocenters. The van der Waals surface area contributed by atoms with Gasteiger partial charge in [0, 0.05) is 18.3 Å². The predicted molar refractivity (Wildman–Crippen MR) is 51.3 cm³/mol. The Morgan fingerprint density at radius 2 is 2.64 bits per heavy atom. The number of nitrogens with zero attached hydrogens (tertiary/aromatic N) is 1. The molecular weight excluding hydrogens is 158 g/mol. The summed E-state index contributed by atoms with van der Waals surface area (Å²) in [6, 6.07) is 0.506. The van der Waals surface area contributed by atoms with Crippen LogP contribution in [0.4, 0.5) is 0 Å². The fourth-order valence-corrected chi connectivity index (χ4v) is 1.24. The molecule has 0 bridgehead atoms. The van der Waals surface area contributed by atoms with Crippen molar-refractivity contribution in [2.75, 3.05) is 25.1 Å². The van der Waals surface area contributed by atoms with Crippen molar-refractivity contribution >= 4 is 17.7 Å². The first-order chi connectivity index (χ1) is 5.33. The predicted octanol–water partition coefficient (Wildman–Crippen LogP) is 0.287. The molecule has 0 fully saturated rings. The van der Waals surface area contributed by atoms with Gasteiger partial charge in [0.2, 0.25) is 0 Å². The summed E-state index contributed by atoms with van der Waals surface area (Å²) in [7, 11) is 0. The maximum Gasteiger partial charge on any atom is 0.191 e. The Kier molecular flexibility index (Phi) is 3.56. The Hall–Kier alpha value is -0.380. The molecule has 11 heavy (non-hydrogen) atoms. The van der Waals surface area contributed by atoms with Crippen LogP contribution >= 0.6 is 11.8 Å². The highest BCUT2D eigenvalue weighted by Gasteiger charge is 2.10. The van der Waals surface area contributed by atoms with E-state index in [4.69, 9.17) is 0 Å². The van der Waals surface area contributed by atoms with Crippen LogP contribution in [-0.4, -0.2) is 37.1 Å². The standard InChI is InChI=1S/C7H15N3S/c1-6-5-9-7(10-6)8-3-4-11-2/h6H,3-5H2,1-2H3,(H2,8,9,10). The van der Waals surface area contributed by atoms with Gasteiger partial charge < -0.3 is 10.6 Å². The third kappa shape index (κ3) is 3.01. The Morgan fingerprint density at radius 1 is 1.82 bits per heavy atom. The van der Waals surface area contributed by atoms with Gasteiger partial charge in [-0.3, -0.25) is 4.99 Å². The Labute approximate surface area is 72.0 Å². The molecular formula is C7H15N3S. The fraction of sp³-hybridized carbons (Fsp3) is 0.857. The molecule has 0 amide bonds. The first-order valence-corrected chi connectivity index (χ1v) is 5.26. The van der Waals surface area contributed by atoms with Gasteiger partial charge in [-0.15, -0.1) is 0 Å². The van der Waals surface area contributed by atoms with E-state index in [0.717, 1.165) is 24.8 Å². The number of guanidine groups is 1. The third-order valence-corrected chi connectivity index (χ3v) is 2.12. The van der Waals surface area contributed by atoms with Crippen molar-refractivity contribution in [1.29, 1.82) is 0 Å². The number of rotatable bonds is 3. The van der Waals surface area contributed by atoms with E-state index in [0.29, 0.717) is 6.04 Å². The van der Waals surface area contributed by atoms with Crippen LogP contribution in [0.15, 0.2) is 4.99 Å². The molecule has 0 radical (unpaired) electrons. The van der Waals surface area contributed by atoms with Crippen molar-refractivity contribution in [3.8, 4) is 0 Å². The minimum absolute atomic E-state index is 0.506. The molecule has 1 rings (SSSR count). The first-order valence-electron chi connectivity index (χ1n) is 3.86. The summed E-state index contributed by atoms with van der Waals surface area (Å²) in [5.74, 6) is 2.10. The number of nitrogens with one attached hydrogen (secondary N) is 2. The summed E-state index contributed by atoms with van der Waals surface area (Å²) in [4.78, 5) is 4.27. The number of thioether (sulfide) groups is 1. The average Bonchev–Trinajstić information content (AvgIpc) is 2.37. The lowest BCUT2D eigenvalue weighted by Gasteiger charge is -2.07. The van der Waals surface area contributed by atoms with Gasteiger partial charge in [-0.05, 0) is 13.2 Å². The van der Waals surface area contributed by atoms with Crippen LogP contribution in [0, 0.1) is 0 Å². The maximum absolute atomic E-state index is 4.27. The van der Waals surface area contributed by atoms with Crippen LogP contribution in [0.25, 0.3) is 0 Å². The van der Waals surface area contributed by atoms with Crippen LogP contribution in [0.5, 0.6) is 0 Å². The molecule has 0 aromatic heterocycles. The quantitative estimate of drug-likeness (QED) is 0.602. The smallest absolute Gasteiger partial charge is 0.191 e. The molecule has 1 atom stereocenters. The van der Waals surface area contributed by atoms with Gasteiger partial charge >= 0.3 is 0 Å². The van der Waals surface area contributed by atoms with Gasteiger partial charge in [-0.2, -0.15) is 11.8 Å². The highest BCUT2D eigenvalue weighted by atomic mass is 32.2. The largest absolute Gasteiger partial charge is 0.356 e. The molecule has 0 spiro atoms. The van der Waals surface area contributed by atoms with E-state index in [2.05, 4.69) is 28.8 Å². The second-order valence-electron chi connectivity index (χ2n) is 2.65. The van der Waals surface area contributed by atoms with Gasteiger partial charge in [-0.1, -0.05) is 0 Å². The first kappa shape index (κ1) is 8.71. The SMILES string of the molecule is CSCCNC1=NCC(C)N1. The third-order valence-electron chi connectivity index (χ3n) is 1.51. The minimum atomic E-state index is 0.506. The van der Waals surface area contributed by atoms with E-state index < -0.39 is 0 Å². The summed E-state index contributed by atoms with van der Waals surface area (Å²) < 4.78 is 0. The van der Waals surface area contributed by atoms with E-state index >= 15 is 0 Å². The maximum atomic E-state index is 4.27. The Morgan fingerprint density at radius 3 is 3.18 bits per heavy atom. The lowest BCUT2D eigenvalue weighted by Crippen LogP contribution is -2.38. The zero-order valence-corrected chi connectivity index (χ0v) is 7.87. The lowest BCUT2D eigenvalue weighted by molar-refractivity contribution is 0.716. The second kappa shape index (κ2) is 4.49.